The van der Waals surface area contributed by atoms with Crippen LogP contribution in [0.15, 0.2) is 12.1 Å². The summed E-state index contributed by atoms with van der Waals surface area (Å²) in [4.78, 5) is 15.8. The molecule has 0 bridgehead atoms. The number of hydrogen-bond acceptors (Lipinski definition) is 4. The molecule has 1 aliphatic heterocycles. The smallest absolute Gasteiger partial charge is 0.433 e. The summed E-state index contributed by atoms with van der Waals surface area (Å²) in [6.45, 7) is 0.264. The van der Waals surface area contributed by atoms with Crippen LogP contribution in [0, 0.1) is 11.3 Å². The molecule has 1 fully saturated rings. The number of carbonyl (C=O) groups is 1. The normalized spacial score (nSPS) is 18.9. The fraction of sp³-hybridized carbons (Fsp3) is 0.417. The minimum Gasteiger partial charge on any atom is -0.480 e. The summed E-state index contributed by atoms with van der Waals surface area (Å²) in [5.41, 5.74) is -1.20. The number of aliphatic carboxylic acids is 1. The molecule has 1 atom stereocenters. The topological polar surface area (TPSA) is 77.2 Å². The first-order valence-electron chi connectivity index (χ1n) is 5.82. The minimum absolute atomic E-state index is 0.0637. The van der Waals surface area contributed by atoms with Crippen LogP contribution in [0.5, 0.6) is 0 Å². The van der Waals surface area contributed by atoms with Crippen LogP contribution in [0.3, 0.4) is 0 Å². The zero-order valence-corrected chi connectivity index (χ0v) is 10.2. The van der Waals surface area contributed by atoms with E-state index in [1.807, 2.05) is 0 Å². The molecule has 20 heavy (non-hydrogen) atoms. The zero-order chi connectivity index (χ0) is 14.9. The van der Waals surface area contributed by atoms with Gasteiger partial charge >= 0.3 is 12.1 Å². The van der Waals surface area contributed by atoms with Gasteiger partial charge in [0.05, 0.1) is 5.56 Å². The quantitative estimate of drug-likeness (QED) is 0.899. The number of carboxylic acids is 1. The summed E-state index contributed by atoms with van der Waals surface area (Å²) in [5.74, 6) is -1.35. The van der Waals surface area contributed by atoms with Gasteiger partial charge in [-0.1, -0.05) is 0 Å². The minimum atomic E-state index is -4.64. The molecule has 0 saturated carbocycles. The molecule has 2 heterocycles. The van der Waals surface area contributed by atoms with Crippen molar-refractivity contribution in [1.82, 2.24) is 4.98 Å². The molecule has 0 aliphatic carbocycles. The summed E-state index contributed by atoms with van der Waals surface area (Å²) in [5, 5.41) is 18.0. The molecular formula is C12H10F3N3O2. The van der Waals surface area contributed by atoms with Gasteiger partial charge in [-0.2, -0.15) is 18.4 Å². The Morgan fingerprint density at radius 3 is 2.75 bits per heavy atom. The number of nitriles is 1. The third-order valence-corrected chi connectivity index (χ3v) is 3.10. The van der Waals surface area contributed by atoms with Crippen molar-refractivity contribution in [3.05, 3.63) is 23.4 Å². The maximum atomic E-state index is 12.7. The van der Waals surface area contributed by atoms with E-state index in [2.05, 4.69) is 4.98 Å². The molecule has 1 aliphatic rings. The van der Waals surface area contributed by atoms with Gasteiger partial charge in [0, 0.05) is 6.54 Å². The summed E-state index contributed by atoms with van der Waals surface area (Å²) >= 11 is 0. The number of nitrogens with zero attached hydrogens (tertiary/aromatic N) is 3. The van der Waals surface area contributed by atoms with Gasteiger partial charge in [-0.15, -0.1) is 0 Å². The number of pyridine rings is 1. The molecule has 106 valence electrons. The number of hydrogen-bond donors (Lipinski definition) is 1. The fourth-order valence-electron chi connectivity index (χ4n) is 2.19. The van der Waals surface area contributed by atoms with Crippen LogP contribution in [0.25, 0.3) is 0 Å². The Kier molecular flexibility index (Phi) is 3.53. The molecule has 0 amide bonds. The summed E-state index contributed by atoms with van der Waals surface area (Å²) in [6.07, 6.45) is -3.79. The second-order valence-corrected chi connectivity index (χ2v) is 4.37. The Labute approximate surface area is 112 Å². The molecule has 0 aromatic carbocycles. The predicted molar refractivity (Wildman–Crippen MR) is 62.0 cm³/mol. The van der Waals surface area contributed by atoms with Gasteiger partial charge in [-0.05, 0) is 25.0 Å². The average molecular weight is 285 g/mol. The Morgan fingerprint density at radius 2 is 2.20 bits per heavy atom. The molecule has 0 radical (unpaired) electrons. The third-order valence-electron chi connectivity index (χ3n) is 3.10. The van der Waals surface area contributed by atoms with E-state index < -0.39 is 23.9 Å². The van der Waals surface area contributed by atoms with Crippen molar-refractivity contribution in [1.29, 1.82) is 5.26 Å². The predicted octanol–water partition coefficient (Wildman–Crippen LogP) is 2.03. The van der Waals surface area contributed by atoms with Gasteiger partial charge in [-0.3, -0.25) is 0 Å². The number of anilines is 1. The SMILES string of the molecule is N#Cc1ccc(C(F)(F)F)nc1N1CCC[C@@H]1C(=O)O. The molecule has 1 aromatic heterocycles. The number of rotatable bonds is 2. The van der Waals surface area contributed by atoms with Crippen LogP contribution in [0.4, 0.5) is 19.0 Å². The van der Waals surface area contributed by atoms with Crippen LogP contribution in [0.1, 0.15) is 24.1 Å². The van der Waals surface area contributed by atoms with Gasteiger partial charge in [0.15, 0.2) is 0 Å². The van der Waals surface area contributed by atoms with Crippen molar-refractivity contribution in [3.63, 3.8) is 0 Å². The summed E-state index contributed by atoms with van der Waals surface area (Å²) < 4.78 is 38.0. The standard InChI is InChI=1S/C12H10F3N3O2/c13-12(14,15)9-4-3-7(6-16)10(17-9)18-5-1-2-8(18)11(19)20/h3-4,8H,1-2,5H2,(H,19,20)/t8-/m1/s1. The van der Waals surface area contributed by atoms with E-state index in [4.69, 9.17) is 10.4 Å². The van der Waals surface area contributed by atoms with Crippen molar-refractivity contribution < 1.29 is 23.1 Å². The largest absolute Gasteiger partial charge is 0.480 e. The lowest BCUT2D eigenvalue weighted by atomic mass is 10.2. The van der Waals surface area contributed by atoms with Crippen molar-refractivity contribution >= 4 is 11.8 Å². The van der Waals surface area contributed by atoms with Gasteiger partial charge in [0.2, 0.25) is 0 Å². The van der Waals surface area contributed by atoms with Gasteiger partial charge in [0.1, 0.15) is 23.6 Å². The lowest BCUT2D eigenvalue weighted by Crippen LogP contribution is -2.37. The van der Waals surface area contributed by atoms with Crippen LogP contribution in [-0.2, 0) is 11.0 Å². The van der Waals surface area contributed by atoms with Crippen LogP contribution >= 0.6 is 0 Å². The molecule has 8 heteroatoms. The molecular weight excluding hydrogens is 275 g/mol. The van der Waals surface area contributed by atoms with Gasteiger partial charge < -0.3 is 10.0 Å². The van der Waals surface area contributed by atoms with Crippen molar-refractivity contribution in [2.75, 3.05) is 11.4 Å². The molecule has 1 N–H and O–H groups in total. The third kappa shape index (κ3) is 2.52. The molecule has 0 unspecified atom stereocenters. The Bertz CT molecular complexity index is 580. The van der Waals surface area contributed by atoms with Crippen molar-refractivity contribution in [2.45, 2.75) is 25.1 Å². The van der Waals surface area contributed by atoms with Crippen molar-refractivity contribution in [2.24, 2.45) is 0 Å². The van der Waals surface area contributed by atoms with Crippen molar-refractivity contribution in [3.8, 4) is 6.07 Å². The lowest BCUT2D eigenvalue weighted by molar-refractivity contribution is -0.141. The molecule has 1 saturated heterocycles. The van der Waals surface area contributed by atoms with Crippen LogP contribution < -0.4 is 4.90 Å². The Morgan fingerprint density at radius 1 is 1.50 bits per heavy atom. The maximum Gasteiger partial charge on any atom is 0.433 e. The summed E-state index contributed by atoms with van der Waals surface area (Å²) in [6, 6.07) is 2.53. The Balaban J connectivity index is 2.49. The highest BCUT2D eigenvalue weighted by Crippen LogP contribution is 2.32. The monoisotopic (exact) mass is 285 g/mol. The lowest BCUT2D eigenvalue weighted by Gasteiger charge is -2.24. The Hall–Kier alpha value is -2.30. The highest BCUT2D eigenvalue weighted by Gasteiger charge is 2.37. The number of alkyl halides is 3. The highest BCUT2D eigenvalue weighted by atomic mass is 19.4. The van der Waals surface area contributed by atoms with E-state index in [0.29, 0.717) is 18.9 Å². The number of carboxylic acid groups (broad SMARTS) is 1. The van der Waals surface area contributed by atoms with E-state index in [1.54, 1.807) is 6.07 Å². The van der Waals surface area contributed by atoms with Gasteiger partial charge in [-0.25, -0.2) is 9.78 Å². The maximum absolute atomic E-state index is 12.7. The average Bonchev–Trinajstić information content (AvgIpc) is 2.86. The molecule has 0 spiro atoms. The molecule has 1 aromatic rings. The van der Waals surface area contributed by atoms with Gasteiger partial charge in [0.25, 0.3) is 0 Å². The summed E-state index contributed by atoms with van der Waals surface area (Å²) in [7, 11) is 0. The van der Waals surface area contributed by atoms with E-state index in [1.165, 1.54) is 4.90 Å². The first-order chi connectivity index (χ1) is 9.34. The zero-order valence-electron chi connectivity index (χ0n) is 10.2. The van der Waals surface area contributed by atoms with E-state index in [-0.39, 0.29) is 17.9 Å². The van der Waals surface area contributed by atoms with Crippen LogP contribution in [0.2, 0.25) is 0 Å². The number of halogens is 3. The highest BCUT2D eigenvalue weighted by molar-refractivity contribution is 5.79. The molecule has 5 nitrogen and oxygen atoms in total. The first-order valence-corrected chi connectivity index (χ1v) is 5.82. The van der Waals surface area contributed by atoms with E-state index in [0.717, 1.165) is 6.07 Å². The fourth-order valence-corrected chi connectivity index (χ4v) is 2.19. The van der Waals surface area contributed by atoms with E-state index in [9.17, 15) is 18.0 Å². The van der Waals surface area contributed by atoms with E-state index >= 15 is 0 Å². The number of aromatic nitrogens is 1. The second-order valence-electron chi connectivity index (χ2n) is 4.37. The molecule has 2 rings (SSSR count). The first kappa shape index (κ1) is 14.1. The second kappa shape index (κ2) is 5.00. The van der Waals surface area contributed by atoms with Crippen LogP contribution in [-0.4, -0.2) is 28.6 Å².